The molecule has 0 radical (unpaired) electrons. The molecular weight excluding hydrogens is 672 g/mol. The predicted molar refractivity (Wildman–Crippen MR) is 150 cm³/mol. The molecule has 0 amide bonds. The quantitative estimate of drug-likeness (QED) is 0.143. The molecule has 0 saturated carbocycles. The van der Waals surface area contributed by atoms with Crippen molar-refractivity contribution >= 4 is 39.6 Å². The summed E-state index contributed by atoms with van der Waals surface area (Å²) in [5.41, 5.74) is 0.182. The van der Waals surface area contributed by atoms with E-state index >= 15 is 17.6 Å². The van der Waals surface area contributed by atoms with Gasteiger partial charge < -0.3 is 0 Å². The second-order valence-corrected chi connectivity index (χ2v) is 17.0. The second-order valence-electron chi connectivity index (χ2n) is 9.33. The normalized spacial score (nSPS) is 14.8. The number of allylic oxidation sites excluding steroid dienone is 8. The summed E-state index contributed by atoms with van der Waals surface area (Å²) in [4.78, 5) is 0. The van der Waals surface area contributed by atoms with Gasteiger partial charge in [-0.25, -0.2) is 0 Å². The Kier molecular flexibility index (Phi) is 7.08. The first-order valence-corrected chi connectivity index (χ1v) is 16.9. The van der Waals surface area contributed by atoms with Crippen LogP contribution in [0, 0.1) is 23.3 Å². The van der Waals surface area contributed by atoms with Crippen LogP contribution in [-0.4, -0.2) is 9.13 Å². The van der Waals surface area contributed by atoms with Crippen molar-refractivity contribution in [3.8, 4) is 11.4 Å². The fraction of sp³-hybridized carbons (Fsp3) is 0.0667. The fourth-order valence-corrected chi connectivity index (χ4v) is 15.1. The third kappa shape index (κ3) is 4.15. The predicted octanol–water partition coefficient (Wildman–Crippen LogP) is 8.14. The maximum absolute atomic E-state index is 17.0. The van der Waals surface area contributed by atoms with Crippen LogP contribution in [0.3, 0.4) is 0 Å². The van der Waals surface area contributed by atoms with Gasteiger partial charge in [0.1, 0.15) is 0 Å². The second kappa shape index (κ2) is 10.4. The molecule has 0 fully saturated rings. The van der Waals surface area contributed by atoms with Gasteiger partial charge in [0, 0.05) is 0 Å². The van der Waals surface area contributed by atoms with Crippen molar-refractivity contribution in [1.29, 1.82) is 0 Å². The van der Waals surface area contributed by atoms with Crippen LogP contribution in [0.2, 0.25) is 0 Å². The molecule has 0 bridgehead atoms. The van der Waals surface area contributed by atoms with Crippen LogP contribution in [0.4, 0.5) is 17.6 Å². The minimum absolute atomic E-state index is 0.0908. The zero-order chi connectivity index (χ0) is 27.3. The molecule has 2 aliphatic rings. The molecule has 6 rings (SSSR count). The third-order valence-corrected chi connectivity index (χ3v) is 16.4. The van der Waals surface area contributed by atoms with E-state index in [0.29, 0.717) is 20.6 Å². The van der Waals surface area contributed by atoms with E-state index in [1.165, 1.54) is 21.3 Å². The molecule has 0 unspecified atom stereocenters. The minimum atomic E-state index is -4.95. The summed E-state index contributed by atoms with van der Waals surface area (Å²) in [6.45, 7) is 0. The van der Waals surface area contributed by atoms with Crippen LogP contribution in [0.5, 0.6) is 0 Å². The van der Waals surface area contributed by atoms with Gasteiger partial charge in [0.05, 0.1) is 0 Å². The van der Waals surface area contributed by atoms with Crippen molar-refractivity contribution in [3.05, 3.63) is 138 Å². The zero-order valence-electron chi connectivity index (χ0n) is 20.3. The molecule has 0 spiro atoms. The molecule has 2 nitrogen and oxygen atoms in total. The Balaban J connectivity index is 1.80. The summed E-state index contributed by atoms with van der Waals surface area (Å²) in [6.07, 6.45) is 18.2. The van der Waals surface area contributed by atoms with Crippen molar-refractivity contribution in [3.63, 3.8) is 0 Å². The molecule has 0 N–H and O–H groups in total. The van der Waals surface area contributed by atoms with E-state index in [-0.39, 0.29) is 28.1 Å². The van der Waals surface area contributed by atoms with Crippen molar-refractivity contribution in [2.24, 2.45) is 0 Å². The van der Waals surface area contributed by atoms with E-state index in [1.807, 2.05) is 12.2 Å². The first kappa shape index (κ1) is 26.6. The summed E-state index contributed by atoms with van der Waals surface area (Å²) >= 11 is 1.70. The SMILES string of the molecule is Fc1cc(Br)c(-n2cccc2)c(F)[c]1[Ti]([C]1=CC=CC1)([C]1=CC=CC1)[c]1c(F)cc(Br)c(-n2cccc2)c1F. The molecule has 9 heteroatoms. The number of rotatable bonds is 6. The molecule has 196 valence electrons. The Bertz CT molecular complexity index is 1590. The Morgan fingerprint density at radius 3 is 1.33 bits per heavy atom. The topological polar surface area (TPSA) is 9.86 Å². The molecule has 2 aromatic heterocycles. The first-order chi connectivity index (χ1) is 18.9. The van der Waals surface area contributed by atoms with Gasteiger partial charge in [-0.2, -0.15) is 0 Å². The molecule has 0 atom stereocenters. The average Bonchev–Trinajstić information content (AvgIpc) is 3.70. The van der Waals surface area contributed by atoms with Gasteiger partial charge in [-0.1, -0.05) is 0 Å². The summed E-state index contributed by atoms with van der Waals surface area (Å²) in [5, 5.41) is 0. The van der Waals surface area contributed by atoms with Crippen molar-refractivity contribution in [1.82, 2.24) is 9.13 Å². The molecular formula is C30H20Br2F4N2Ti. The number of hydrogen-bond acceptors (Lipinski definition) is 0. The van der Waals surface area contributed by atoms with Gasteiger partial charge in [0.25, 0.3) is 0 Å². The molecule has 0 saturated heterocycles. The van der Waals surface area contributed by atoms with Gasteiger partial charge >= 0.3 is 245 Å². The average molecular weight is 692 g/mol. The van der Waals surface area contributed by atoms with E-state index in [2.05, 4.69) is 31.9 Å². The Hall–Kier alpha value is -2.65. The summed E-state index contributed by atoms with van der Waals surface area (Å²) in [7, 11) is 0. The van der Waals surface area contributed by atoms with Crippen LogP contribution < -0.4 is 7.74 Å². The van der Waals surface area contributed by atoms with Crippen LogP contribution >= 0.6 is 31.9 Å². The Labute approximate surface area is 243 Å². The van der Waals surface area contributed by atoms with Crippen LogP contribution in [0.1, 0.15) is 12.8 Å². The van der Waals surface area contributed by atoms with Crippen molar-refractivity contribution < 1.29 is 34.2 Å². The molecule has 2 aliphatic carbocycles. The number of nitrogens with zero attached hydrogens (tertiary/aromatic N) is 2. The van der Waals surface area contributed by atoms with Gasteiger partial charge in [-0.3, -0.25) is 0 Å². The number of benzene rings is 2. The van der Waals surface area contributed by atoms with Crippen LogP contribution in [-0.2, 0) is 16.6 Å². The Morgan fingerprint density at radius 1 is 0.615 bits per heavy atom. The summed E-state index contributed by atoms with van der Waals surface area (Å²) in [6, 6.07) is 9.34. The summed E-state index contributed by atoms with van der Waals surface area (Å²) in [5.74, 6) is -3.33. The van der Waals surface area contributed by atoms with Crippen LogP contribution in [0.25, 0.3) is 11.4 Å². The molecule has 2 heterocycles. The van der Waals surface area contributed by atoms with E-state index in [0.717, 1.165) is 0 Å². The van der Waals surface area contributed by atoms with E-state index in [1.54, 1.807) is 73.4 Å². The molecule has 4 aromatic rings. The summed E-state index contributed by atoms with van der Waals surface area (Å²) < 4.78 is 70.9. The zero-order valence-corrected chi connectivity index (χ0v) is 25.0. The third-order valence-electron chi connectivity index (χ3n) is 7.27. The standard InChI is InChI=1S/2C10H5BrF2N.2C5H5.Ti/c2*11-8-5-7(12)6-9(13)10(8)14-3-1-2-4-14;2*1-2-4-5-3-1;/h2*1-5H;2*1-3H,4H2;. The number of halogens is 6. The van der Waals surface area contributed by atoms with Gasteiger partial charge in [-0.15, -0.1) is 0 Å². The molecule has 0 aliphatic heterocycles. The van der Waals surface area contributed by atoms with Crippen molar-refractivity contribution in [2.75, 3.05) is 0 Å². The molecule has 39 heavy (non-hydrogen) atoms. The molecule has 2 aromatic carbocycles. The van der Waals surface area contributed by atoms with E-state index in [4.69, 9.17) is 0 Å². The number of aromatic nitrogens is 2. The van der Waals surface area contributed by atoms with Gasteiger partial charge in [0.15, 0.2) is 0 Å². The fourth-order valence-electron chi connectivity index (χ4n) is 5.71. The Morgan fingerprint density at radius 2 is 1.00 bits per heavy atom. The van der Waals surface area contributed by atoms with Gasteiger partial charge in [0.2, 0.25) is 0 Å². The van der Waals surface area contributed by atoms with E-state index < -0.39 is 39.9 Å². The van der Waals surface area contributed by atoms with Crippen LogP contribution in [0.15, 0.2) is 114 Å². The van der Waals surface area contributed by atoms with E-state index in [9.17, 15) is 0 Å². The first-order valence-electron chi connectivity index (χ1n) is 12.2. The monoisotopic (exact) mass is 690 g/mol. The van der Waals surface area contributed by atoms with Gasteiger partial charge in [-0.05, 0) is 0 Å². The maximum atomic E-state index is 17.0. The number of hydrogen-bond donors (Lipinski definition) is 0. The van der Waals surface area contributed by atoms with Crippen molar-refractivity contribution in [2.45, 2.75) is 12.8 Å².